The third-order valence-electron chi connectivity index (χ3n) is 5.36. The highest BCUT2D eigenvalue weighted by Crippen LogP contribution is 2.62. The quantitative estimate of drug-likeness (QED) is 0.246. The van der Waals surface area contributed by atoms with Crippen LogP contribution in [0.15, 0.2) is 36.4 Å². The van der Waals surface area contributed by atoms with E-state index in [1.165, 1.54) is 0 Å². The molecule has 0 aliphatic carbocycles. The Kier molecular flexibility index (Phi) is 6.77. The summed E-state index contributed by atoms with van der Waals surface area (Å²) in [6.45, 7) is 0. The summed E-state index contributed by atoms with van der Waals surface area (Å²) in [6.07, 6.45) is -7.52. The van der Waals surface area contributed by atoms with Gasteiger partial charge < -0.3 is 0 Å². The second kappa shape index (κ2) is 8.63. The monoisotopic (exact) mass is 609 g/mol. The molecule has 0 fully saturated rings. The van der Waals surface area contributed by atoms with Gasteiger partial charge in [-0.05, 0) is 24.3 Å². The molecule has 2 aromatic carbocycles. The molecule has 0 aromatic heterocycles. The average Bonchev–Trinajstić information content (AvgIpc) is 3.06. The zero-order valence-corrected chi connectivity index (χ0v) is 18.9. The number of carbonyl (C=O) groups excluding carboxylic acids is 2. The van der Waals surface area contributed by atoms with Gasteiger partial charge in [0.1, 0.15) is 0 Å². The molecular formula is C20H6Cl2F13NO2. The van der Waals surface area contributed by atoms with Gasteiger partial charge in [0.2, 0.25) is 0 Å². The summed E-state index contributed by atoms with van der Waals surface area (Å²) >= 11 is 11.7. The van der Waals surface area contributed by atoms with E-state index < -0.39 is 70.0 Å². The molecule has 0 saturated carbocycles. The molecule has 0 spiro atoms. The second-order valence-corrected chi connectivity index (χ2v) is 8.46. The van der Waals surface area contributed by atoms with Crippen molar-refractivity contribution >= 4 is 40.7 Å². The topological polar surface area (TPSA) is 37.4 Å². The van der Waals surface area contributed by atoms with Crippen LogP contribution in [0.1, 0.15) is 26.3 Å². The number of halogens is 15. The number of amides is 2. The molecule has 18 heteroatoms. The highest BCUT2D eigenvalue weighted by atomic mass is 35.5. The van der Waals surface area contributed by atoms with Crippen LogP contribution in [0.5, 0.6) is 0 Å². The molecule has 1 heterocycles. The van der Waals surface area contributed by atoms with Crippen LogP contribution in [0.4, 0.5) is 62.8 Å². The van der Waals surface area contributed by atoms with Crippen LogP contribution in [-0.4, -0.2) is 41.7 Å². The normalized spacial score (nSPS) is 15.8. The lowest BCUT2D eigenvalue weighted by Crippen LogP contribution is -2.69. The Morgan fingerprint density at radius 2 is 0.895 bits per heavy atom. The molecule has 3 rings (SSSR count). The fraction of sp³-hybridized carbons (Fsp3) is 0.300. The summed E-state index contributed by atoms with van der Waals surface area (Å²) in [5, 5.41) is -0.571. The van der Waals surface area contributed by atoms with Gasteiger partial charge in [0.25, 0.3) is 11.8 Å². The van der Waals surface area contributed by atoms with Gasteiger partial charge in [-0.3, -0.25) is 9.59 Å². The fourth-order valence-corrected chi connectivity index (χ4v) is 3.77. The first kappa shape index (κ1) is 29.8. The van der Waals surface area contributed by atoms with Gasteiger partial charge in [-0.25, -0.2) is 4.90 Å². The molecule has 0 radical (unpaired) electrons. The molecule has 0 atom stereocenters. The Balaban J connectivity index is 2.02. The number of hydrogen-bond acceptors (Lipinski definition) is 2. The molecule has 0 saturated heterocycles. The first-order valence-electron chi connectivity index (χ1n) is 9.40. The Bertz CT molecular complexity index is 1270. The van der Waals surface area contributed by atoms with E-state index >= 15 is 0 Å². The van der Waals surface area contributed by atoms with Gasteiger partial charge in [-0.15, -0.1) is 0 Å². The van der Waals surface area contributed by atoms with Crippen molar-refractivity contribution in [1.82, 2.24) is 0 Å². The smallest absolute Gasteiger partial charge is 0.268 e. The minimum Gasteiger partial charge on any atom is -0.268 e. The zero-order chi connectivity index (χ0) is 29.4. The predicted molar refractivity (Wildman–Crippen MR) is 104 cm³/mol. The lowest BCUT2D eigenvalue weighted by molar-refractivity contribution is -0.441. The summed E-state index contributed by atoms with van der Waals surface area (Å²) in [5.41, 5.74) is -3.84. The fourth-order valence-electron chi connectivity index (χ4n) is 3.29. The molecule has 0 unspecified atom stereocenters. The summed E-state index contributed by atoms with van der Waals surface area (Å²) in [7, 11) is 0. The van der Waals surface area contributed by atoms with Crippen molar-refractivity contribution in [3.63, 3.8) is 0 Å². The van der Waals surface area contributed by atoms with Crippen LogP contribution in [0.25, 0.3) is 0 Å². The van der Waals surface area contributed by atoms with Crippen molar-refractivity contribution in [3.8, 4) is 0 Å². The predicted octanol–water partition coefficient (Wildman–Crippen LogP) is 7.99. The summed E-state index contributed by atoms with van der Waals surface area (Å²) in [6, 6.07) is 2.44. The van der Waals surface area contributed by atoms with Gasteiger partial charge in [-0.1, -0.05) is 35.3 Å². The van der Waals surface area contributed by atoms with Crippen molar-refractivity contribution in [2.24, 2.45) is 0 Å². The minimum absolute atomic E-state index is 0.174. The largest absolute Gasteiger partial charge is 0.460 e. The maximum absolute atomic E-state index is 14.4. The first-order chi connectivity index (χ1) is 17.0. The third-order valence-corrected chi connectivity index (χ3v) is 5.99. The van der Waals surface area contributed by atoms with Crippen molar-refractivity contribution in [2.75, 3.05) is 4.90 Å². The van der Waals surface area contributed by atoms with Crippen LogP contribution in [0.3, 0.4) is 0 Å². The van der Waals surface area contributed by atoms with Crippen LogP contribution >= 0.6 is 23.2 Å². The Labute approximate surface area is 211 Å². The molecule has 3 nitrogen and oxygen atoms in total. The number of imide groups is 1. The van der Waals surface area contributed by atoms with E-state index in [0.717, 1.165) is 12.1 Å². The molecule has 1 aliphatic heterocycles. The van der Waals surface area contributed by atoms with E-state index in [1.807, 2.05) is 0 Å². The number of alkyl halides is 13. The summed E-state index contributed by atoms with van der Waals surface area (Å²) in [5.74, 6) is -40.3. The van der Waals surface area contributed by atoms with Gasteiger partial charge in [-0.2, -0.15) is 57.1 Å². The number of benzene rings is 2. The number of rotatable bonds is 6. The summed E-state index contributed by atoms with van der Waals surface area (Å²) in [4.78, 5) is 25.4. The van der Waals surface area contributed by atoms with E-state index in [1.54, 1.807) is 0 Å². The first-order valence-corrected chi connectivity index (χ1v) is 10.2. The Morgan fingerprint density at radius 3 is 1.26 bits per heavy atom. The van der Waals surface area contributed by atoms with Crippen molar-refractivity contribution < 1.29 is 66.7 Å². The lowest BCUT2D eigenvalue weighted by atomic mass is 9.90. The van der Waals surface area contributed by atoms with Crippen molar-refractivity contribution in [2.45, 2.75) is 35.8 Å². The third kappa shape index (κ3) is 3.81. The van der Waals surface area contributed by atoms with Gasteiger partial charge in [0.05, 0.1) is 26.9 Å². The minimum atomic E-state index is -8.04. The van der Waals surface area contributed by atoms with E-state index in [-0.39, 0.29) is 39.2 Å². The molecule has 1 aliphatic rings. The number of carbonyl (C=O) groups is 2. The van der Waals surface area contributed by atoms with Gasteiger partial charge >= 0.3 is 35.8 Å². The van der Waals surface area contributed by atoms with Gasteiger partial charge in [0.15, 0.2) is 0 Å². The highest BCUT2D eigenvalue weighted by molar-refractivity contribution is 6.46. The maximum Gasteiger partial charge on any atom is 0.460 e. The van der Waals surface area contributed by atoms with Crippen molar-refractivity contribution in [3.05, 3.63) is 63.1 Å². The molecule has 2 aromatic rings. The van der Waals surface area contributed by atoms with Crippen LogP contribution < -0.4 is 4.90 Å². The standard InChI is InChI=1S/C20H6Cl2F13NO2/c21-9-5-6-10(22)12-11(9)13(37)36(14(12)38)8-3-1-7(2-4-8)15(23,24)16(25,26)17(27,28)18(29,30)19(31,32)20(33,34)35/h1-6H. The van der Waals surface area contributed by atoms with Crippen LogP contribution in [-0.2, 0) is 5.92 Å². The van der Waals surface area contributed by atoms with E-state index in [4.69, 9.17) is 23.2 Å². The molecule has 208 valence electrons. The Morgan fingerprint density at radius 1 is 0.526 bits per heavy atom. The molecule has 2 amide bonds. The number of nitrogens with zero attached hydrogens (tertiary/aromatic N) is 1. The summed E-state index contributed by atoms with van der Waals surface area (Å²) < 4.78 is 174. The molecule has 0 N–H and O–H groups in total. The van der Waals surface area contributed by atoms with Gasteiger partial charge in [0, 0.05) is 5.56 Å². The lowest BCUT2D eigenvalue weighted by Gasteiger charge is -2.39. The van der Waals surface area contributed by atoms with Crippen molar-refractivity contribution in [1.29, 1.82) is 0 Å². The van der Waals surface area contributed by atoms with Crippen LogP contribution in [0, 0.1) is 0 Å². The maximum atomic E-state index is 14.4. The molecule has 0 bridgehead atoms. The number of hydrogen-bond donors (Lipinski definition) is 0. The zero-order valence-electron chi connectivity index (χ0n) is 17.4. The van der Waals surface area contributed by atoms with E-state index in [0.29, 0.717) is 0 Å². The van der Waals surface area contributed by atoms with E-state index in [9.17, 15) is 66.7 Å². The average molecular weight is 610 g/mol. The molecular weight excluding hydrogens is 604 g/mol. The highest BCUT2D eigenvalue weighted by Gasteiger charge is 2.90. The number of anilines is 1. The SMILES string of the molecule is O=C1c2c(Cl)ccc(Cl)c2C(=O)N1c1ccc(C(F)(F)C(F)(F)C(F)(F)C(F)(F)C(F)(F)C(F)(F)F)cc1. The Hall–Kier alpha value is -2.75. The number of fused-ring (bicyclic) bond motifs is 1. The van der Waals surface area contributed by atoms with E-state index in [2.05, 4.69) is 0 Å². The molecule has 38 heavy (non-hydrogen) atoms. The van der Waals surface area contributed by atoms with Crippen LogP contribution in [0.2, 0.25) is 10.0 Å². The second-order valence-electron chi connectivity index (χ2n) is 7.64.